The fourth-order valence-electron chi connectivity index (χ4n) is 4.18. The molecule has 14 nitrogen and oxygen atoms in total. The maximum atomic E-state index is 10.5. The van der Waals surface area contributed by atoms with Gasteiger partial charge in [-0.25, -0.2) is 0 Å². The van der Waals surface area contributed by atoms with Crippen LogP contribution in [0.5, 0.6) is 0 Å². The van der Waals surface area contributed by atoms with Crippen molar-refractivity contribution >= 4 is 0 Å². The Labute approximate surface area is 178 Å². The van der Waals surface area contributed by atoms with Crippen LogP contribution < -0.4 is 22.9 Å². The third-order valence-electron chi connectivity index (χ3n) is 6.12. The highest BCUT2D eigenvalue weighted by Crippen LogP contribution is 2.31. The van der Waals surface area contributed by atoms with Crippen LogP contribution in [0.25, 0.3) is 0 Å². The van der Waals surface area contributed by atoms with Gasteiger partial charge in [0.15, 0.2) is 12.6 Å². The van der Waals surface area contributed by atoms with Crippen LogP contribution in [-0.2, 0) is 18.9 Å². The van der Waals surface area contributed by atoms with Crippen molar-refractivity contribution in [1.29, 1.82) is 0 Å². The standard InChI is InChI=1S/C17H34N4O10/c18-2-6-10(24)13(27)17(28-6)31-15-8(21)16(29-7(3-22)11(15)25)30-14-5(20)1-4(19)9(23)12(14)26/h4-17,22-27H,1-3,18-21H2/t4-,5?,6-,7?,8?,9-,10+,11-,12?,13?,14-,15-,16-,17?/m1/s1. The molecule has 0 bridgehead atoms. The van der Waals surface area contributed by atoms with Crippen LogP contribution in [0.3, 0.4) is 0 Å². The summed E-state index contributed by atoms with van der Waals surface area (Å²) in [6, 6.07) is -2.67. The Balaban J connectivity index is 1.74. The lowest BCUT2D eigenvalue weighted by atomic mass is 9.84. The first-order chi connectivity index (χ1) is 14.6. The van der Waals surface area contributed by atoms with Crippen molar-refractivity contribution in [1.82, 2.24) is 0 Å². The zero-order valence-corrected chi connectivity index (χ0v) is 16.8. The highest BCUT2D eigenvalue weighted by molar-refractivity contribution is 5.00. The van der Waals surface area contributed by atoms with Crippen molar-refractivity contribution in [2.24, 2.45) is 22.9 Å². The van der Waals surface area contributed by atoms with Gasteiger partial charge in [0.05, 0.1) is 18.8 Å². The van der Waals surface area contributed by atoms with Gasteiger partial charge >= 0.3 is 0 Å². The molecule has 0 aromatic rings. The van der Waals surface area contributed by atoms with E-state index in [0.29, 0.717) is 0 Å². The lowest BCUT2D eigenvalue weighted by molar-refractivity contribution is -0.317. The topological polar surface area (TPSA) is 262 Å². The number of aliphatic hydroxyl groups is 6. The van der Waals surface area contributed by atoms with E-state index in [1.165, 1.54) is 0 Å². The van der Waals surface area contributed by atoms with Crippen molar-refractivity contribution in [3.8, 4) is 0 Å². The van der Waals surface area contributed by atoms with Crippen LogP contribution in [0.2, 0.25) is 0 Å². The van der Waals surface area contributed by atoms with Crippen molar-refractivity contribution in [3.63, 3.8) is 0 Å². The molecule has 1 saturated carbocycles. The maximum Gasteiger partial charge on any atom is 0.187 e. The molecule has 0 amide bonds. The summed E-state index contributed by atoms with van der Waals surface area (Å²) in [5.74, 6) is 0. The maximum absolute atomic E-state index is 10.5. The zero-order chi connectivity index (χ0) is 23.0. The van der Waals surface area contributed by atoms with Gasteiger partial charge in [-0.2, -0.15) is 0 Å². The number of rotatable bonds is 6. The summed E-state index contributed by atoms with van der Waals surface area (Å²) in [5.41, 5.74) is 23.4. The van der Waals surface area contributed by atoms with Gasteiger partial charge < -0.3 is 72.5 Å². The third kappa shape index (κ3) is 4.87. The van der Waals surface area contributed by atoms with Gasteiger partial charge in [0.2, 0.25) is 0 Å². The minimum Gasteiger partial charge on any atom is -0.394 e. The van der Waals surface area contributed by atoms with E-state index in [2.05, 4.69) is 0 Å². The quantitative estimate of drug-likeness (QED) is 0.179. The molecule has 0 aromatic heterocycles. The first kappa shape index (κ1) is 25.1. The van der Waals surface area contributed by atoms with Crippen molar-refractivity contribution in [2.45, 2.75) is 92.1 Å². The molecule has 182 valence electrons. The summed E-state index contributed by atoms with van der Waals surface area (Å²) in [5, 5.41) is 60.6. The van der Waals surface area contributed by atoms with Gasteiger partial charge in [0.25, 0.3) is 0 Å². The third-order valence-corrected chi connectivity index (χ3v) is 6.12. The highest BCUT2D eigenvalue weighted by atomic mass is 16.7. The van der Waals surface area contributed by atoms with Crippen molar-refractivity contribution in [2.75, 3.05) is 13.2 Å². The van der Waals surface area contributed by atoms with E-state index in [9.17, 15) is 30.6 Å². The molecule has 2 aliphatic heterocycles. The van der Waals surface area contributed by atoms with E-state index in [1.54, 1.807) is 0 Å². The summed E-state index contributed by atoms with van der Waals surface area (Å²) in [6.45, 7) is -0.699. The Morgan fingerprint density at radius 3 is 1.90 bits per heavy atom. The van der Waals surface area contributed by atoms with E-state index in [4.69, 9.17) is 41.9 Å². The van der Waals surface area contributed by atoms with Gasteiger partial charge in [-0.15, -0.1) is 0 Å². The molecule has 1 aliphatic carbocycles. The molecule has 0 spiro atoms. The molecule has 0 radical (unpaired) electrons. The summed E-state index contributed by atoms with van der Waals surface area (Å²) in [6.07, 6.45) is -13.8. The normalized spacial score (nSPS) is 53.6. The molecular formula is C17H34N4O10. The van der Waals surface area contributed by atoms with Gasteiger partial charge in [0, 0.05) is 18.6 Å². The predicted molar refractivity (Wildman–Crippen MR) is 102 cm³/mol. The smallest absolute Gasteiger partial charge is 0.187 e. The van der Waals surface area contributed by atoms with Gasteiger partial charge in [0.1, 0.15) is 48.8 Å². The number of hydrogen-bond acceptors (Lipinski definition) is 14. The minimum absolute atomic E-state index is 0.0760. The molecule has 2 saturated heterocycles. The average Bonchev–Trinajstić information content (AvgIpc) is 3.01. The molecule has 0 aromatic carbocycles. The minimum atomic E-state index is -1.45. The van der Waals surface area contributed by atoms with Crippen molar-refractivity contribution in [3.05, 3.63) is 0 Å². The number of hydrogen-bond donors (Lipinski definition) is 10. The second kappa shape index (κ2) is 10.1. The monoisotopic (exact) mass is 454 g/mol. The Bertz CT molecular complexity index is 593. The van der Waals surface area contributed by atoms with E-state index in [-0.39, 0.29) is 13.0 Å². The Morgan fingerprint density at radius 2 is 1.32 bits per heavy atom. The van der Waals surface area contributed by atoms with Crippen molar-refractivity contribution < 1.29 is 49.6 Å². The molecule has 14 atom stereocenters. The van der Waals surface area contributed by atoms with Crippen LogP contribution in [0.1, 0.15) is 6.42 Å². The van der Waals surface area contributed by atoms with Crippen LogP contribution in [0.4, 0.5) is 0 Å². The van der Waals surface area contributed by atoms with Crippen LogP contribution in [0.15, 0.2) is 0 Å². The molecule has 14 heteroatoms. The average molecular weight is 454 g/mol. The molecule has 31 heavy (non-hydrogen) atoms. The molecule has 3 fully saturated rings. The molecule has 14 N–H and O–H groups in total. The first-order valence-electron chi connectivity index (χ1n) is 10.2. The first-order valence-corrected chi connectivity index (χ1v) is 10.2. The molecular weight excluding hydrogens is 420 g/mol. The van der Waals surface area contributed by atoms with E-state index in [0.717, 1.165) is 0 Å². The van der Waals surface area contributed by atoms with E-state index >= 15 is 0 Å². The second-order valence-electron chi connectivity index (χ2n) is 8.30. The molecule has 3 aliphatic rings. The number of ether oxygens (including phenoxy) is 4. The number of nitrogens with two attached hydrogens (primary N) is 4. The number of aliphatic hydroxyl groups excluding tert-OH is 6. The van der Waals surface area contributed by atoms with Crippen LogP contribution in [0, 0.1) is 0 Å². The summed E-state index contributed by atoms with van der Waals surface area (Å²) in [4.78, 5) is 0. The van der Waals surface area contributed by atoms with E-state index < -0.39 is 92.2 Å². The predicted octanol–water partition coefficient (Wildman–Crippen LogP) is -6.65. The summed E-state index contributed by atoms with van der Waals surface area (Å²) in [7, 11) is 0. The lowest BCUT2D eigenvalue weighted by Gasteiger charge is -2.47. The lowest BCUT2D eigenvalue weighted by Crippen LogP contribution is -2.68. The van der Waals surface area contributed by atoms with Gasteiger partial charge in [-0.05, 0) is 6.42 Å². The van der Waals surface area contributed by atoms with Crippen LogP contribution in [-0.4, -0.2) is 129 Å². The molecule has 3 rings (SSSR count). The van der Waals surface area contributed by atoms with Crippen LogP contribution >= 0.6 is 0 Å². The van der Waals surface area contributed by atoms with Gasteiger partial charge in [-0.3, -0.25) is 0 Å². The fourth-order valence-corrected chi connectivity index (χ4v) is 4.18. The Morgan fingerprint density at radius 1 is 0.710 bits per heavy atom. The highest BCUT2D eigenvalue weighted by Gasteiger charge is 2.52. The zero-order valence-electron chi connectivity index (χ0n) is 16.8. The molecule has 6 unspecified atom stereocenters. The SMILES string of the molecule is NC[C@H]1OC(O[C@@H]2C(N)[C@@H](O[C@@H]3C(N)C[C@@H](N)[C@@H](O)C3O)OC(CO)[C@H]2O)C(O)[C@H]1O. The van der Waals surface area contributed by atoms with Gasteiger partial charge in [-0.1, -0.05) is 0 Å². The molecule has 2 heterocycles. The Kier molecular flexibility index (Phi) is 8.21. The largest absolute Gasteiger partial charge is 0.394 e. The Hall–Kier alpha value is -0.560. The fraction of sp³-hybridized carbons (Fsp3) is 1.00. The second-order valence-corrected chi connectivity index (χ2v) is 8.30. The summed E-state index contributed by atoms with van der Waals surface area (Å²) < 4.78 is 22.3. The van der Waals surface area contributed by atoms with E-state index in [1.807, 2.05) is 0 Å². The summed E-state index contributed by atoms with van der Waals surface area (Å²) >= 11 is 0.